The first-order valence-electron chi connectivity index (χ1n) is 12.0. The molecule has 2 saturated heterocycles. The molecule has 2 amide bonds. The van der Waals surface area contributed by atoms with E-state index >= 15 is 0 Å². The maximum atomic E-state index is 13.4. The molecule has 2 fully saturated rings. The number of amides is 2. The molecule has 0 spiro atoms. The molecule has 2 aliphatic heterocycles. The summed E-state index contributed by atoms with van der Waals surface area (Å²) in [6.45, 7) is 6.68. The number of rotatable bonds is 9. The standard InChI is InChI=1S/C25H33N3O5SSi.Zn/c1-35(2,3)14-13-27-25(30)17-28(34(27,31)32)22-11-9-20(15-21-10-12-24(29)26-21)16-23(22)33-18-19-7-5-4-6-8-19;/h4-9,11,16,21H,10,12-15,17-18H2,1-3H3,(H,26,29);/t21-;/m0./s1. The van der Waals surface area contributed by atoms with E-state index in [4.69, 9.17) is 4.74 Å². The van der Waals surface area contributed by atoms with E-state index in [1.807, 2.05) is 42.5 Å². The second-order valence-electron chi connectivity index (χ2n) is 10.4. The van der Waals surface area contributed by atoms with Crippen LogP contribution in [0.2, 0.25) is 25.7 Å². The third-order valence-electron chi connectivity index (χ3n) is 6.28. The SMILES string of the molecule is C[Si](C)(C)CCN1C(=O)CN(c2ccc(C[C@@H]3CCC(=O)N3)cc2OCc2ccccc2)S1(=O)=O.[Zn]. The van der Waals surface area contributed by atoms with Crippen molar-refractivity contribution in [1.82, 2.24) is 9.62 Å². The van der Waals surface area contributed by atoms with Crippen LogP contribution in [0.1, 0.15) is 24.0 Å². The van der Waals surface area contributed by atoms with Gasteiger partial charge in [0.15, 0.2) is 0 Å². The summed E-state index contributed by atoms with van der Waals surface area (Å²) in [5, 5.41) is 2.97. The van der Waals surface area contributed by atoms with Gasteiger partial charge < -0.3 is 10.1 Å². The van der Waals surface area contributed by atoms with Crippen LogP contribution in [0.3, 0.4) is 0 Å². The van der Waals surface area contributed by atoms with Crippen LogP contribution in [0, 0.1) is 0 Å². The molecule has 11 heteroatoms. The molecule has 2 aromatic carbocycles. The van der Waals surface area contributed by atoms with Gasteiger partial charge in [0, 0.05) is 46.6 Å². The number of anilines is 1. The second kappa shape index (κ2) is 11.4. The summed E-state index contributed by atoms with van der Waals surface area (Å²) < 4.78 is 35.1. The molecule has 2 heterocycles. The van der Waals surface area contributed by atoms with Crippen molar-refractivity contribution in [3.8, 4) is 5.75 Å². The van der Waals surface area contributed by atoms with Crippen molar-refractivity contribution in [2.75, 3.05) is 17.4 Å². The predicted molar refractivity (Wildman–Crippen MR) is 138 cm³/mol. The fraction of sp³-hybridized carbons (Fsp3) is 0.440. The topological polar surface area (TPSA) is 96.0 Å². The van der Waals surface area contributed by atoms with Crippen LogP contribution < -0.4 is 14.4 Å². The maximum Gasteiger partial charge on any atom is 0.329 e. The molecule has 2 aromatic rings. The van der Waals surface area contributed by atoms with Crippen LogP contribution in [-0.4, -0.2) is 51.7 Å². The van der Waals surface area contributed by atoms with Gasteiger partial charge in [-0.2, -0.15) is 8.42 Å². The summed E-state index contributed by atoms with van der Waals surface area (Å²) >= 11 is 0. The minimum Gasteiger partial charge on any atom is -0.487 e. The van der Waals surface area contributed by atoms with Crippen molar-refractivity contribution in [2.24, 2.45) is 0 Å². The molecular formula is C25H33N3O5SSiZn. The number of benzene rings is 2. The normalized spacial score (nSPS) is 19.2. The van der Waals surface area contributed by atoms with Gasteiger partial charge in [-0.05, 0) is 42.1 Å². The van der Waals surface area contributed by atoms with E-state index in [0.717, 1.165) is 26.2 Å². The molecule has 4 rings (SSSR count). The zero-order valence-electron chi connectivity index (χ0n) is 21.2. The first kappa shape index (κ1) is 28.3. The minimum atomic E-state index is -4.00. The van der Waals surface area contributed by atoms with Crippen LogP contribution in [0.15, 0.2) is 48.5 Å². The molecular weight excluding hydrogens is 548 g/mol. The minimum absolute atomic E-state index is 0. The molecule has 190 valence electrons. The Morgan fingerprint density at radius 1 is 1.06 bits per heavy atom. The number of ether oxygens (including phenoxy) is 1. The van der Waals surface area contributed by atoms with E-state index in [-0.39, 0.29) is 51.1 Å². The molecule has 0 radical (unpaired) electrons. The first-order chi connectivity index (χ1) is 16.5. The van der Waals surface area contributed by atoms with Crippen LogP contribution in [-0.2, 0) is 52.3 Å². The van der Waals surface area contributed by atoms with Gasteiger partial charge in [-0.15, -0.1) is 0 Å². The van der Waals surface area contributed by atoms with Gasteiger partial charge in [0.1, 0.15) is 18.9 Å². The molecule has 36 heavy (non-hydrogen) atoms. The Morgan fingerprint density at radius 3 is 2.42 bits per heavy atom. The summed E-state index contributed by atoms with van der Waals surface area (Å²) in [7, 11) is -5.54. The molecule has 0 bridgehead atoms. The van der Waals surface area contributed by atoms with Crippen molar-refractivity contribution < 1.29 is 42.2 Å². The maximum absolute atomic E-state index is 13.4. The van der Waals surface area contributed by atoms with Crippen molar-refractivity contribution in [3.05, 3.63) is 59.7 Å². The summed E-state index contributed by atoms with van der Waals surface area (Å²) in [4.78, 5) is 24.4. The van der Waals surface area contributed by atoms with Gasteiger partial charge in [-0.25, -0.2) is 8.61 Å². The summed E-state index contributed by atoms with van der Waals surface area (Å²) in [6, 6.07) is 15.8. The van der Waals surface area contributed by atoms with Gasteiger partial charge in [0.05, 0.1) is 5.69 Å². The van der Waals surface area contributed by atoms with Gasteiger partial charge in [-0.3, -0.25) is 9.59 Å². The molecule has 8 nitrogen and oxygen atoms in total. The Hall–Kier alpha value is -2.23. The Balaban J connectivity index is 0.00000361. The van der Waals surface area contributed by atoms with E-state index in [1.165, 1.54) is 0 Å². The molecule has 0 unspecified atom stereocenters. The Kier molecular flexibility index (Phi) is 9.01. The number of hydrogen-bond donors (Lipinski definition) is 1. The smallest absolute Gasteiger partial charge is 0.329 e. The molecule has 0 aliphatic carbocycles. The van der Waals surface area contributed by atoms with Gasteiger partial charge in [-0.1, -0.05) is 56.0 Å². The summed E-state index contributed by atoms with van der Waals surface area (Å²) in [5.74, 6) is 0.0290. The average Bonchev–Trinajstić information content (AvgIpc) is 3.30. The summed E-state index contributed by atoms with van der Waals surface area (Å²) in [5.41, 5.74) is 2.23. The average molecular weight is 581 g/mol. The van der Waals surface area contributed by atoms with E-state index in [9.17, 15) is 18.0 Å². The number of carbonyl (C=O) groups is 2. The molecule has 1 atom stereocenters. The fourth-order valence-electron chi connectivity index (χ4n) is 4.27. The van der Waals surface area contributed by atoms with E-state index in [2.05, 4.69) is 25.0 Å². The van der Waals surface area contributed by atoms with Crippen LogP contribution in [0.4, 0.5) is 5.69 Å². The number of nitrogens with zero attached hydrogens (tertiary/aromatic N) is 2. The molecule has 0 aromatic heterocycles. The first-order valence-corrected chi connectivity index (χ1v) is 17.1. The van der Waals surface area contributed by atoms with Crippen LogP contribution in [0.5, 0.6) is 5.75 Å². The van der Waals surface area contributed by atoms with Crippen LogP contribution >= 0.6 is 0 Å². The van der Waals surface area contributed by atoms with Crippen molar-refractivity contribution in [3.63, 3.8) is 0 Å². The summed E-state index contributed by atoms with van der Waals surface area (Å²) in [6.07, 6.45) is 1.91. The van der Waals surface area contributed by atoms with E-state index < -0.39 is 24.2 Å². The quantitative estimate of drug-likeness (QED) is 0.459. The number of nitrogens with one attached hydrogen (secondary N) is 1. The molecule has 1 N–H and O–H groups in total. The van der Waals surface area contributed by atoms with Crippen molar-refractivity contribution in [1.29, 1.82) is 0 Å². The fourth-order valence-corrected chi connectivity index (χ4v) is 6.88. The molecule has 2 aliphatic rings. The zero-order chi connectivity index (χ0) is 25.2. The third-order valence-corrected chi connectivity index (χ3v) is 9.83. The van der Waals surface area contributed by atoms with Crippen molar-refractivity contribution in [2.45, 2.75) is 57.6 Å². The van der Waals surface area contributed by atoms with Gasteiger partial charge >= 0.3 is 10.2 Å². The Bertz CT molecular complexity index is 1200. The van der Waals surface area contributed by atoms with Crippen molar-refractivity contribution >= 4 is 35.8 Å². The van der Waals surface area contributed by atoms with E-state index in [1.54, 1.807) is 6.07 Å². The largest absolute Gasteiger partial charge is 0.487 e. The second-order valence-corrected chi connectivity index (χ2v) is 17.8. The third kappa shape index (κ3) is 6.75. The van der Waals surface area contributed by atoms with Gasteiger partial charge in [0.2, 0.25) is 5.91 Å². The van der Waals surface area contributed by atoms with E-state index in [0.29, 0.717) is 30.3 Å². The Morgan fingerprint density at radius 2 is 1.78 bits per heavy atom. The van der Waals surface area contributed by atoms with Gasteiger partial charge in [0.25, 0.3) is 5.91 Å². The predicted octanol–water partition coefficient (Wildman–Crippen LogP) is 3.32. The number of hydrogen-bond acceptors (Lipinski definition) is 5. The monoisotopic (exact) mass is 579 g/mol. The Labute approximate surface area is 227 Å². The molecule has 0 saturated carbocycles. The number of carbonyl (C=O) groups excluding carboxylic acids is 2. The van der Waals surface area contributed by atoms with Crippen LogP contribution in [0.25, 0.3) is 0 Å². The zero-order valence-corrected chi connectivity index (χ0v) is 26.0.